The fourth-order valence-corrected chi connectivity index (χ4v) is 3.96. The van der Waals surface area contributed by atoms with Crippen LogP contribution in [0, 0.1) is 0 Å². The minimum Gasteiger partial charge on any atom is -0.497 e. The van der Waals surface area contributed by atoms with Crippen molar-refractivity contribution in [1.82, 2.24) is 14.4 Å². The summed E-state index contributed by atoms with van der Waals surface area (Å²) >= 11 is 0. The Kier molecular flexibility index (Phi) is 9.49. The van der Waals surface area contributed by atoms with Crippen LogP contribution in [0.3, 0.4) is 0 Å². The summed E-state index contributed by atoms with van der Waals surface area (Å²) < 4.78 is 12.5. The zero-order chi connectivity index (χ0) is 25.2. The number of methoxy groups -OCH3 is 2. The Hall–Kier alpha value is -3.58. The van der Waals surface area contributed by atoms with E-state index in [-0.39, 0.29) is 31.0 Å². The lowest BCUT2D eigenvalue weighted by molar-refractivity contribution is -0.144. The van der Waals surface area contributed by atoms with Gasteiger partial charge in [0.1, 0.15) is 18.9 Å². The largest absolute Gasteiger partial charge is 0.497 e. The van der Waals surface area contributed by atoms with E-state index >= 15 is 0 Å². The van der Waals surface area contributed by atoms with Gasteiger partial charge < -0.3 is 23.8 Å². The van der Waals surface area contributed by atoms with Gasteiger partial charge >= 0.3 is 0 Å². The molecule has 0 aliphatic rings. The van der Waals surface area contributed by atoms with Crippen molar-refractivity contribution in [3.05, 3.63) is 89.7 Å². The number of nitrogens with zero attached hydrogens (tertiary/aromatic N) is 3. The number of hydrogen-bond acceptors (Lipinski definition) is 4. The van der Waals surface area contributed by atoms with E-state index in [9.17, 15) is 9.59 Å². The third-order valence-corrected chi connectivity index (χ3v) is 5.85. The summed E-state index contributed by atoms with van der Waals surface area (Å²) in [6.07, 6.45) is 2.02. The maximum Gasteiger partial charge on any atom is 0.249 e. The van der Waals surface area contributed by atoms with Gasteiger partial charge in [-0.3, -0.25) is 9.59 Å². The molecule has 35 heavy (non-hydrogen) atoms. The van der Waals surface area contributed by atoms with E-state index in [4.69, 9.17) is 9.47 Å². The number of amides is 2. The summed E-state index contributed by atoms with van der Waals surface area (Å²) in [4.78, 5) is 29.4. The maximum atomic E-state index is 13.5. The predicted octanol–water partition coefficient (Wildman–Crippen LogP) is 3.96. The van der Waals surface area contributed by atoms with Crippen molar-refractivity contribution in [3.63, 3.8) is 0 Å². The summed E-state index contributed by atoms with van der Waals surface area (Å²) in [5, 5.41) is 0. The highest BCUT2D eigenvalue weighted by molar-refractivity contribution is 5.85. The number of aromatic nitrogens is 1. The summed E-state index contributed by atoms with van der Waals surface area (Å²) in [7, 11) is 3.14. The number of carbonyl (C=O) groups excluding carboxylic acids is 2. The smallest absolute Gasteiger partial charge is 0.249 e. The molecule has 186 valence electrons. The van der Waals surface area contributed by atoms with Crippen LogP contribution in [0.1, 0.15) is 30.7 Å². The third-order valence-electron chi connectivity index (χ3n) is 5.85. The summed E-state index contributed by atoms with van der Waals surface area (Å²) in [6.45, 7) is 5.31. The molecule has 0 saturated heterocycles. The normalized spacial score (nSPS) is 10.9. The van der Waals surface area contributed by atoms with Gasteiger partial charge in [-0.15, -0.1) is 0 Å². The average molecular weight is 478 g/mol. The topological polar surface area (TPSA) is 64.0 Å². The van der Waals surface area contributed by atoms with Gasteiger partial charge in [0.25, 0.3) is 0 Å². The molecule has 0 bridgehead atoms. The van der Waals surface area contributed by atoms with Crippen LogP contribution in [0.15, 0.2) is 72.9 Å². The minimum atomic E-state index is -0.197. The van der Waals surface area contributed by atoms with Crippen molar-refractivity contribution in [2.24, 2.45) is 0 Å². The molecule has 0 unspecified atom stereocenters. The Morgan fingerprint density at radius 3 is 2.31 bits per heavy atom. The van der Waals surface area contributed by atoms with Crippen LogP contribution in [-0.4, -0.2) is 59.6 Å². The molecule has 1 heterocycles. The number of carbonyl (C=O) groups is 2. The number of benzene rings is 2. The predicted molar refractivity (Wildman–Crippen MR) is 136 cm³/mol. The van der Waals surface area contributed by atoms with Crippen molar-refractivity contribution in [2.75, 3.05) is 27.4 Å². The van der Waals surface area contributed by atoms with Gasteiger partial charge in [-0.2, -0.15) is 0 Å². The zero-order valence-corrected chi connectivity index (χ0v) is 21.0. The van der Waals surface area contributed by atoms with Crippen molar-refractivity contribution in [3.8, 4) is 5.75 Å². The van der Waals surface area contributed by atoms with Crippen LogP contribution in [0.2, 0.25) is 0 Å². The van der Waals surface area contributed by atoms with Gasteiger partial charge in [-0.1, -0.05) is 42.5 Å². The lowest BCUT2D eigenvalue weighted by Gasteiger charge is -2.30. The highest BCUT2D eigenvalue weighted by Crippen LogP contribution is 2.17. The monoisotopic (exact) mass is 477 g/mol. The lowest BCUT2D eigenvalue weighted by Crippen LogP contribution is -2.46. The quantitative estimate of drug-likeness (QED) is 0.396. The Balaban J connectivity index is 1.82. The molecule has 2 aromatic carbocycles. The third kappa shape index (κ3) is 7.45. The van der Waals surface area contributed by atoms with Gasteiger partial charge in [0.05, 0.1) is 13.7 Å². The molecule has 3 rings (SSSR count). The van der Waals surface area contributed by atoms with Gasteiger partial charge in [0.15, 0.2) is 0 Å². The van der Waals surface area contributed by atoms with E-state index in [1.165, 1.54) is 7.11 Å². The van der Waals surface area contributed by atoms with E-state index in [1.54, 1.807) is 12.0 Å². The van der Waals surface area contributed by atoms with Crippen molar-refractivity contribution >= 4 is 11.8 Å². The molecule has 0 N–H and O–H groups in total. The van der Waals surface area contributed by atoms with Crippen LogP contribution in [0.25, 0.3) is 0 Å². The first-order valence-electron chi connectivity index (χ1n) is 11.8. The Bertz CT molecular complexity index is 1090. The van der Waals surface area contributed by atoms with Crippen molar-refractivity contribution < 1.29 is 19.1 Å². The SMILES string of the molecule is COCC(=O)N(CC(=O)N(Cc1ccccc1)Cc1cccn1Cc1cccc(OC)c1)C(C)C. The summed E-state index contributed by atoms with van der Waals surface area (Å²) in [5.41, 5.74) is 3.15. The number of hydrogen-bond donors (Lipinski definition) is 0. The molecule has 0 fully saturated rings. The second kappa shape index (κ2) is 12.8. The maximum absolute atomic E-state index is 13.5. The second-order valence-corrected chi connectivity index (χ2v) is 8.76. The average Bonchev–Trinajstić information content (AvgIpc) is 3.29. The van der Waals surface area contributed by atoms with E-state index in [2.05, 4.69) is 10.6 Å². The molecule has 0 aliphatic heterocycles. The van der Waals surface area contributed by atoms with Crippen LogP contribution in [-0.2, 0) is 34.0 Å². The molecular weight excluding hydrogens is 442 g/mol. The van der Waals surface area contributed by atoms with E-state index < -0.39 is 0 Å². The number of rotatable bonds is 12. The van der Waals surface area contributed by atoms with Gasteiger partial charge in [0.2, 0.25) is 11.8 Å². The first-order valence-corrected chi connectivity index (χ1v) is 11.8. The lowest BCUT2D eigenvalue weighted by atomic mass is 10.2. The standard InChI is InChI=1S/C28H35N3O4/c1-22(2)31(28(33)21-34-3)20-27(32)30(17-23-10-6-5-7-11-23)19-25-13-9-15-29(25)18-24-12-8-14-26(16-24)35-4/h5-16,22H,17-21H2,1-4H3. The fraction of sp³-hybridized carbons (Fsp3) is 0.357. The highest BCUT2D eigenvalue weighted by Gasteiger charge is 2.24. The van der Waals surface area contributed by atoms with Crippen LogP contribution in [0.4, 0.5) is 0 Å². The van der Waals surface area contributed by atoms with Crippen LogP contribution in [0.5, 0.6) is 5.75 Å². The molecule has 0 aliphatic carbocycles. The highest BCUT2D eigenvalue weighted by atomic mass is 16.5. The Morgan fingerprint density at radius 2 is 1.63 bits per heavy atom. The molecular formula is C28H35N3O4. The van der Waals surface area contributed by atoms with E-state index in [0.717, 1.165) is 22.6 Å². The van der Waals surface area contributed by atoms with Crippen LogP contribution < -0.4 is 4.74 Å². The second-order valence-electron chi connectivity index (χ2n) is 8.76. The zero-order valence-electron chi connectivity index (χ0n) is 21.0. The Morgan fingerprint density at radius 1 is 0.886 bits per heavy atom. The van der Waals surface area contributed by atoms with E-state index in [0.29, 0.717) is 19.6 Å². The molecule has 2 amide bonds. The Labute approximate surface area is 207 Å². The molecule has 0 saturated carbocycles. The van der Waals surface area contributed by atoms with Gasteiger partial charge in [-0.05, 0) is 49.2 Å². The molecule has 7 nitrogen and oxygen atoms in total. The molecule has 1 aromatic heterocycles. The number of ether oxygens (including phenoxy) is 2. The fourth-order valence-electron chi connectivity index (χ4n) is 3.96. The van der Waals surface area contributed by atoms with E-state index in [1.807, 2.05) is 85.6 Å². The minimum absolute atomic E-state index is 0.00326. The van der Waals surface area contributed by atoms with Crippen molar-refractivity contribution in [1.29, 1.82) is 0 Å². The molecule has 0 spiro atoms. The van der Waals surface area contributed by atoms with Crippen molar-refractivity contribution in [2.45, 2.75) is 39.5 Å². The first-order chi connectivity index (χ1) is 16.9. The molecule has 0 radical (unpaired) electrons. The molecule has 7 heteroatoms. The summed E-state index contributed by atoms with van der Waals surface area (Å²) in [6, 6.07) is 21.8. The summed E-state index contributed by atoms with van der Waals surface area (Å²) in [5.74, 6) is 0.504. The molecule has 3 aromatic rings. The van der Waals surface area contributed by atoms with Crippen LogP contribution >= 0.6 is 0 Å². The molecule has 0 atom stereocenters. The van der Waals surface area contributed by atoms with Gasteiger partial charge in [0, 0.05) is 38.1 Å². The van der Waals surface area contributed by atoms with Gasteiger partial charge in [-0.25, -0.2) is 0 Å². The first kappa shape index (κ1) is 26.0.